The summed E-state index contributed by atoms with van der Waals surface area (Å²) in [5.41, 5.74) is 1.39. The molecule has 2 rings (SSSR count). The van der Waals surface area contributed by atoms with Crippen LogP contribution in [0.15, 0.2) is 36.7 Å². The zero-order chi connectivity index (χ0) is 13.7. The van der Waals surface area contributed by atoms with E-state index in [1.807, 2.05) is 12.4 Å². The van der Waals surface area contributed by atoms with Crippen LogP contribution in [0.4, 0.5) is 0 Å². The van der Waals surface area contributed by atoms with Crippen molar-refractivity contribution >= 4 is 10.8 Å². The lowest BCUT2D eigenvalue weighted by Crippen LogP contribution is -2.28. The van der Waals surface area contributed by atoms with Gasteiger partial charge in [0.1, 0.15) is 0 Å². The third kappa shape index (κ3) is 2.95. The van der Waals surface area contributed by atoms with E-state index >= 15 is 0 Å². The average Bonchev–Trinajstić information content (AvgIpc) is 2.47. The lowest BCUT2D eigenvalue weighted by Gasteiger charge is -2.27. The van der Waals surface area contributed by atoms with Gasteiger partial charge >= 0.3 is 0 Å². The molecule has 0 saturated carbocycles. The lowest BCUT2D eigenvalue weighted by molar-refractivity contribution is 0.348. The largest absolute Gasteiger partial charge is 0.310 e. The molecule has 1 heterocycles. The molecule has 1 N–H and O–H groups in total. The highest BCUT2D eigenvalue weighted by Gasteiger charge is 2.21. The van der Waals surface area contributed by atoms with E-state index in [0.717, 1.165) is 6.54 Å². The van der Waals surface area contributed by atoms with Gasteiger partial charge in [-0.1, -0.05) is 51.8 Å². The highest BCUT2D eigenvalue weighted by atomic mass is 14.9. The van der Waals surface area contributed by atoms with Crippen molar-refractivity contribution in [3.05, 3.63) is 42.2 Å². The molecule has 0 radical (unpaired) electrons. The molecule has 0 bridgehead atoms. The summed E-state index contributed by atoms with van der Waals surface area (Å²) in [5, 5.41) is 6.22. The Hall–Kier alpha value is -1.41. The molecule has 2 nitrogen and oxygen atoms in total. The minimum Gasteiger partial charge on any atom is -0.310 e. The molecule has 2 heteroatoms. The van der Waals surface area contributed by atoms with Gasteiger partial charge < -0.3 is 5.32 Å². The number of pyridine rings is 1. The Kier molecular flexibility index (Phi) is 4.92. The van der Waals surface area contributed by atoms with E-state index in [9.17, 15) is 0 Å². The van der Waals surface area contributed by atoms with Crippen molar-refractivity contribution in [2.45, 2.75) is 39.7 Å². The first-order valence-electron chi connectivity index (χ1n) is 7.37. The molecule has 1 unspecified atom stereocenters. The Morgan fingerprint density at radius 3 is 2.58 bits per heavy atom. The van der Waals surface area contributed by atoms with E-state index in [-0.39, 0.29) is 0 Å². The van der Waals surface area contributed by atoms with Gasteiger partial charge in [-0.25, -0.2) is 0 Å². The van der Waals surface area contributed by atoms with Crippen LogP contribution < -0.4 is 5.32 Å². The van der Waals surface area contributed by atoms with Crippen LogP contribution in [0, 0.1) is 5.92 Å². The zero-order valence-corrected chi connectivity index (χ0v) is 12.2. The normalized spacial score (nSPS) is 13.1. The Morgan fingerprint density at radius 1 is 1.11 bits per heavy atom. The van der Waals surface area contributed by atoms with Gasteiger partial charge in [-0.3, -0.25) is 4.98 Å². The summed E-state index contributed by atoms with van der Waals surface area (Å²) in [7, 11) is 0. The van der Waals surface area contributed by atoms with Crippen LogP contribution in [0.2, 0.25) is 0 Å². The maximum Gasteiger partial charge on any atom is 0.0355 e. The third-order valence-electron chi connectivity index (χ3n) is 4.00. The fraction of sp³-hybridized carbons (Fsp3) is 0.471. The van der Waals surface area contributed by atoms with Gasteiger partial charge in [-0.05, 0) is 29.5 Å². The van der Waals surface area contributed by atoms with Gasteiger partial charge in [0, 0.05) is 23.8 Å². The molecule has 1 atom stereocenters. The molecule has 1 aromatic carbocycles. The molecule has 0 saturated heterocycles. The number of hydrogen-bond donors (Lipinski definition) is 1. The first kappa shape index (κ1) is 14.0. The first-order chi connectivity index (χ1) is 9.31. The van der Waals surface area contributed by atoms with Gasteiger partial charge in [0.2, 0.25) is 0 Å². The van der Waals surface area contributed by atoms with Gasteiger partial charge in [0.05, 0.1) is 0 Å². The molecular weight excluding hydrogens is 232 g/mol. The zero-order valence-electron chi connectivity index (χ0n) is 12.2. The molecule has 0 aliphatic rings. The summed E-state index contributed by atoms with van der Waals surface area (Å²) in [6, 6.07) is 9.08. The van der Waals surface area contributed by atoms with Crippen molar-refractivity contribution in [1.82, 2.24) is 10.3 Å². The smallest absolute Gasteiger partial charge is 0.0355 e. The van der Waals surface area contributed by atoms with Gasteiger partial charge in [0.15, 0.2) is 0 Å². The first-order valence-corrected chi connectivity index (χ1v) is 7.37. The minimum absolute atomic E-state index is 0.424. The lowest BCUT2D eigenvalue weighted by atomic mass is 9.87. The average molecular weight is 256 g/mol. The number of fused-ring (bicyclic) bond motifs is 1. The Labute approximate surface area is 116 Å². The predicted octanol–water partition coefficient (Wildman–Crippen LogP) is 4.32. The van der Waals surface area contributed by atoms with Crippen LogP contribution in [-0.4, -0.2) is 11.5 Å². The summed E-state index contributed by atoms with van der Waals surface area (Å²) in [6.07, 6.45) is 6.26. The second kappa shape index (κ2) is 6.67. The number of nitrogens with one attached hydrogen (secondary N) is 1. The molecule has 0 spiro atoms. The molecule has 0 amide bonds. The molecule has 1 aromatic heterocycles. The van der Waals surface area contributed by atoms with Crippen molar-refractivity contribution in [1.29, 1.82) is 0 Å². The van der Waals surface area contributed by atoms with Crippen molar-refractivity contribution in [2.24, 2.45) is 5.92 Å². The third-order valence-corrected chi connectivity index (χ3v) is 4.00. The van der Waals surface area contributed by atoms with Crippen LogP contribution in [0.5, 0.6) is 0 Å². The van der Waals surface area contributed by atoms with Crippen LogP contribution >= 0.6 is 0 Å². The van der Waals surface area contributed by atoms with Crippen molar-refractivity contribution in [3.63, 3.8) is 0 Å². The quantitative estimate of drug-likeness (QED) is 0.832. The fourth-order valence-electron chi connectivity index (χ4n) is 2.92. The SMILES string of the molecule is CCNC(c1cccc2ccncc12)C(CC)CC. The van der Waals surface area contributed by atoms with E-state index in [1.165, 1.54) is 29.2 Å². The maximum absolute atomic E-state index is 4.30. The molecular formula is C17H24N2. The molecule has 19 heavy (non-hydrogen) atoms. The van der Waals surface area contributed by atoms with Gasteiger partial charge in [0.25, 0.3) is 0 Å². The Balaban J connectivity index is 2.49. The van der Waals surface area contributed by atoms with E-state index in [2.05, 4.69) is 55.3 Å². The van der Waals surface area contributed by atoms with Crippen molar-refractivity contribution in [2.75, 3.05) is 6.54 Å². The maximum atomic E-state index is 4.30. The second-order valence-electron chi connectivity index (χ2n) is 5.06. The summed E-state index contributed by atoms with van der Waals surface area (Å²) in [6.45, 7) is 7.74. The second-order valence-corrected chi connectivity index (χ2v) is 5.06. The number of benzene rings is 1. The van der Waals surface area contributed by atoms with Crippen molar-refractivity contribution < 1.29 is 0 Å². The van der Waals surface area contributed by atoms with E-state index in [1.54, 1.807) is 0 Å². The molecule has 0 aliphatic carbocycles. The summed E-state index contributed by atoms with van der Waals surface area (Å²) >= 11 is 0. The standard InChI is InChI=1S/C17H24N2/c1-4-13(5-2)17(19-6-3)15-9-7-8-14-10-11-18-12-16(14)15/h7-13,17,19H,4-6H2,1-3H3. The molecule has 0 aliphatic heterocycles. The summed E-state index contributed by atoms with van der Waals surface area (Å²) in [4.78, 5) is 4.30. The molecule has 102 valence electrons. The fourth-order valence-corrected chi connectivity index (χ4v) is 2.92. The molecule has 2 aromatic rings. The Bertz CT molecular complexity index is 512. The van der Waals surface area contributed by atoms with E-state index in [0.29, 0.717) is 12.0 Å². The highest BCUT2D eigenvalue weighted by Crippen LogP contribution is 2.31. The minimum atomic E-state index is 0.424. The monoisotopic (exact) mass is 256 g/mol. The number of aromatic nitrogens is 1. The van der Waals surface area contributed by atoms with Crippen molar-refractivity contribution in [3.8, 4) is 0 Å². The molecule has 0 fully saturated rings. The van der Waals surface area contributed by atoms with E-state index in [4.69, 9.17) is 0 Å². The summed E-state index contributed by atoms with van der Waals surface area (Å²) in [5.74, 6) is 0.672. The number of hydrogen-bond acceptors (Lipinski definition) is 2. The van der Waals surface area contributed by atoms with Crippen LogP contribution in [0.25, 0.3) is 10.8 Å². The predicted molar refractivity (Wildman–Crippen MR) is 82.2 cm³/mol. The topological polar surface area (TPSA) is 24.9 Å². The van der Waals surface area contributed by atoms with E-state index < -0.39 is 0 Å². The van der Waals surface area contributed by atoms with Crippen LogP contribution in [-0.2, 0) is 0 Å². The number of rotatable bonds is 6. The van der Waals surface area contributed by atoms with Gasteiger partial charge in [-0.15, -0.1) is 0 Å². The number of nitrogens with zero attached hydrogens (tertiary/aromatic N) is 1. The Morgan fingerprint density at radius 2 is 1.89 bits per heavy atom. The highest BCUT2D eigenvalue weighted by molar-refractivity contribution is 5.85. The van der Waals surface area contributed by atoms with Crippen LogP contribution in [0.3, 0.4) is 0 Å². The summed E-state index contributed by atoms with van der Waals surface area (Å²) < 4.78 is 0. The van der Waals surface area contributed by atoms with Crippen LogP contribution in [0.1, 0.15) is 45.2 Å². The van der Waals surface area contributed by atoms with Gasteiger partial charge in [-0.2, -0.15) is 0 Å².